The molecule has 0 radical (unpaired) electrons. The zero-order valence-electron chi connectivity index (χ0n) is 8.24. The van der Waals surface area contributed by atoms with Crippen LogP contribution in [0.25, 0.3) is 0 Å². The number of aromatic nitrogens is 1. The van der Waals surface area contributed by atoms with Crippen LogP contribution < -0.4 is 5.32 Å². The third-order valence-electron chi connectivity index (χ3n) is 2.29. The topological polar surface area (TPSA) is 45.2 Å². The predicted molar refractivity (Wildman–Crippen MR) is 60.2 cm³/mol. The smallest absolute Gasteiger partial charge is 0.234 e. The first-order valence-electron chi connectivity index (χ1n) is 4.82. The molecule has 1 saturated heterocycles. The summed E-state index contributed by atoms with van der Waals surface area (Å²) >= 11 is 3.38. The number of nitrogens with one attached hydrogen (secondary N) is 1. The summed E-state index contributed by atoms with van der Waals surface area (Å²) in [5.41, 5.74) is 1.12. The van der Waals surface area contributed by atoms with Gasteiger partial charge in [-0.05, 0) is 27.6 Å². The van der Waals surface area contributed by atoms with Gasteiger partial charge in [-0.3, -0.25) is 14.7 Å². The van der Waals surface area contributed by atoms with Crippen LogP contribution in [0.1, 0.15) is 5.56 Å². The Bertz CT molecular complexity index is 369. The number of hydrogen-bond acceptors (Lipinski definition) is 3. The molecule has 2 heterocycles. The van der Waals surface area contributed by atoms with Gasteiger partial charge in [0.25, 0.3) is 0 Å². The number of piperazine rings is 1. The summed E-state index contributed by atoms with van der Waals surface area (Å²) in [6.45, 7) is 2.89. The molecule has 1 fully saturated rings. The molecular weight excluding hydrogens is 258 g/mol. The predicted octanol–water partition coefficient (Wildman–Crippen LogP) is 0.776. The van der Waals surface area contributed by atoms with Gasteiger partial charge in [0.2, 0.25) is 5.91 Å². The Hall–Kier alpha value is -0.940. The van der Waals surface area contributed by atoms with E-state index in [9.17, 15) is 4.79 Å². The molecule has 0 unspecified atom stereocenters. The molecule has 1 amide bonds. The largest absolute Gasteiger partial charge is 0.354 e. The zero-order valence-corrected chi connectivity index (χ0v) is 9.83. The molecule has 0 aromatic carbocycles. The fraction of sp³-hybridized carbons (Fsp3) is 0.400. The maximum absolute atomic E-state index is 11.2. The Labute approximate surface area is 96.8 Å². The van der Waals surface area contributed by atoms with Crippen LogP contribution in [0.2, 0.25) is 0 Å². The number of amides is 1. The second-order valence-electron chi connectivity index (χ2n) is 3.57. The lowest BCUT2D eigenvalue weighted by atomic mass is 10.2. The lowest BCUT2D eigenvalue weighted by molar-refractivity contribution is -0.124. The van der Waals surface area contributed by atoms with Gasteiger partial charge in [-0.25, -0.2) is 0 Å². The Kier molecular flexibility index (Phi) is 3.33. The third-order valence-corrected chi connectivity index (χ3v) is 2.72. The van der Waals surface area contributed by atoms with E-state index in [1.165, 1.54) is 0 Å². The van der Waals surface area contributed by atoms with Crippen LogP contribution in [0.15, 0.2) is 22.9 Å². The summed E-state index contributed by atoms with van der Waals surface area (Å²) in [7, 11) is 0. The molecular formula is C10H12BrN3O. The van der Waals surface area contributed by atoms with Gasteiger partial charge in [-0.15, -0.1) is 0 Å². The first-order chi connectivity index (χ1) is 7.24. The van der Waals surface area contributed by atoms with Gasteiger partial charge in [-0.1, -0.05) is 0 Å². The van der Waals surface area contributed by atoms with Gasteiger partial charge in [-0.2, -0.15) is 0 Å². The summed E-state index contributed by atoms with van der Waals surface area (Å²) in [5, 5.41) is 2.80. The molecule has 1 aliphatic rings. The third kappa shape index (κ3) is 3.00. The van der Waals surface area contributed by atoms with E-state index in [1.807, 2.05) is 12.3 Å². The minimum atomic E-state index is 0.101. The monoisotopic (exact) mass is 269 g/mol. The number of carbonyl (C=O) groups excluding carboxylic acids is 1. The van der Waals surface area contributed by atoms with Gasteiger partial charge < -0.3 is 5.32 Å². The van der Waals surface area contributed by atoms with Gasteiger partial charge in [0, 0.05) is 36.5 Å². The van der Waals surface area contributed by atoms with Crippen molar-refractivity contribution in [1.82, 2.24) is 15.2 Å². The van der Waals surface area contributed by atoms with Crippen LogP contribution in [-0.4, -0.2) is 35.4 Å². The van der Waals surface area contributed by atoms with Crippen molar-refractivity contribution in [2.24, 2.45) is 0 Å². The lowest BCUT2D eigenvalue weighted by Crippen LogP contribution is -2.47. The summed E-state index contributed by atoms with van der Waals surface area (Å²) in [4.78, 5) is 17.4. The molecule has 0 aliphatic carbocycles. The SMILES string of the molecule is O=C1CN(Cc2cncc(Br)c2)CCN1. The fourth-order valence-electron chi connectivity index (χ4n) is 1.63. The summed E-state index contributed by atoms with van der Waals surface area (Å²) < 4.78 is 0.974. The van der Waals surface area contributed by atoms with E-state index in [-0.39, 0.29) is 5.91 Å². The highest BCUT2D eigenvalue weighted by molar-refractivity contribution is 9.10. The van der Waals surface area contributed by atoms with Gasteiger partial charge in [0.15, 0.2) is 0 Å². The van der Waals surface area contributed by atoms with Crippen molar-refractivity contribution in [3.05, 3.63) is 28.5 Å². The molecule has 15 heavy (non-hydrogen) atoms. The molecule has 0 bridgehead atoms. The minimum absolute atomic E-state index is 0.101. The number of halogens is 1. The highest BCUT2D eigenvalue weighted by Crippen LogP contribution is 2.11. The molecule has 1 aromatic rings. The average molecular weight is 270 g/mol. The molecule has 80 valence electrons. The number of pyridine rings is 1. The molecule has 0 spiro atoms. The van der Waals surface area contributed by atoms with Crippen LogP contribution >= 0.6 is 15.9 Å². The molecule has 2 rings (SSSR count). The van der Waals surface area contributed by atoms with Crippen LogP contribution in [-0.2, 0) is 11.3 Å². The van der Waals surface area contributed by atoms with Gasteiger partial charge in [0.1, 0.15) is 0 Å². The molecule has 0 atom stereocenters. The van der Waals surface area contributed by atoms with E-state index in [0.29, 0.717) is 6.54 Å². The molecule has 1 aromatic heterocycles. The summed E-state index contributed by atoms with van der Waals surface area (Å²) in [6.07, 6.45) is 3.59. The number of carbonyl (C=O) groups is 1. The number of nitrogens with zero attached hydrogens (tertiary/aromatic N) is 2. The maximum Gasteiger partial charge on any atom is 0.234 e. The quantitative estimate of drug-likeness (QED) is 0.863. The molecule has 0 saturated carbocycles. The Morgan fingerprint density at radius 3 is 3.13 bits per heavy atom. The van der Waals surface area contributed by atoms with E-state index in [0.717, 1.165) is 29.7 Å². The van der Waals surface area contributed by atoms with Gasteiger partial charge >= 0.3 is 0 Å². The maximum atomic E-state index is 11.2. The second kappa shape index (κ2) is 4.72. The standard InChI is InChI=1S/C10H12BrN3O/c11-9-3-8(4-12-5-9)6-14-2-1-13-10(15)7-14/h3-5H,1-2,6-7H2,(H,13,15). The summed E-state index contributed by atoms with van der Waals surface area (Å²) in [6, 6.07) is 2.03. The molecule has 1 aliphatic heterocycles. The molecule has 1 N–H and O–H groups in total. The van der Waals surface area contributed by atoms with Crippen LogP contribution in [0, 0.1) is 0 Å². The van der Waals surface area contributed by atoms with E-state index >= 15 is 0 Å². The van der Waals surface area contributed by atoms with Gasteiger partial charge in [0.05, 0.1) is 6.54 Å². The molecule has 5 heteroatoms. The number of hydrogen-bond donors (Lipinski definition) is 1. The van der Waals surface area contributed by atoms with Crippen LogP contribution in [0.3, 0.4) is 0 Å². The van der Waals surface area contributed by atoms with Crippen molar-refractivity contribution in [2.75, 3.05) is 19.6 Å². The first kappa shape index (κ1) is 10.6. The second-order valence-corrected chi connectivity index (χ2v) is 4.49. The van der Waals surface area contributed by atoms with E-state index < -0.39 is 0 Å². The van der Waals surface area contributed by atoms with Crippen molar-refractivity contribution >= 4 is 21.8 Å². The molecule has 4 nitrogen and oxygen atoms in total. The van der Waals surface area contributed by atoms with Crippen molar-refractivity contribution in [3.63, 3.8) is 0 Å². The van der Waals surface area contributed by atoms with Crippen molar-refractivity contribution < 1.29 is 4.79 Å². The highest BCUT2D eigenvalue weighted by atomic mass is 79.9. The average Bonchev–Trinajstić information content (AvgIpc) is 2.17. The highest BCUT2D eigenvalue weighted by Gasteiger charge is 2.15. The van der Waals surface area contributed by atoms with Crippen molar-refractivity contribution in [1.29, 1.82) is 0 Å². The zero-order chi connectivity index (χ0) is 10.7. The first-order valence-corrected chi connectivity index (χ1v) is 5.62. The number of rotatable bonds is 2. The van der Waals surface area contributed by atoms with Crippen LogP contribution in [0.4, 0.5) is 0 Å². The summed E-state index contributed by atoms with van der Waals surface area (Å²) in [5.74, 6) is 0.101. The van der Waals surface area contributed by atoms with E-state index in [4.69, 9.17) is 0 Å². The van der Waals surface area contributed by atoms with E-state index in [1.54, 1.807) is 6.20 Å². The normalized spacial score (nSPS) is 17.5. The Balaban J connectivity index is 1.99. The van der Waals surface area contributed by atoms with Crippen LogP contribution in [0.5, 0.6) is 0 Å². The Morgan fingerprint density at radius 2 is 2.40 bits per heavy atom. The van der Waals surface area contributed by atoms with Crippen molar-refractivity contribution in [3.8, 4) is 0 Å². The van der Waals surface area contributed by atoms with E-state index in [2.05, 4.69) is 31.1 Å². The minimum Gasteiger partial charge on any atom is -0.354 e. The Morgan fingerprint density at radius 1 is 1.53 bits per heavy atom. The fourth-order valence-corrected chi connectivity index (χ4v) is 2.04. The van der Waals surface area contributed by atoms with Crippen molar-refractivity contribution in [2.45, 2.75) is 6.54 Å². The lowest BCUT2D eigenvalue weighted by Gasteiger charge is -2.26.